The van der Waals surface area contributed by atoms with Crippen LogP contribution in [0.4, 0.5) is 4.39 Å². The minimum Gasteiger partial charge on any atom is -0.388 e. The van der Waals surface area contributed by atoms with Crippen molar-refractivity contribution in [3.05, 3.63) is 59.9 Å². The third-order valence-corrected chi connectivity index (χ3v) is 4.45. The van der Waals surface area contributed by atoms with Gasteiger partial charge in [-0.25, -0.2) is 15.0 Å². The number of aliphatic hydroxyl groups excluding tert-OH is 1. The highest BCUT2D eigenvalue weighted by Crippen LogP contribution is 2.26. The Morgan fingerprint density at radius 2 is 2.07 bits per heavy atom. The van der Waals surface area contributed by atoms with Gasteiger partial charge in [-0.05, 0) is 25.5 Å². The lowest BCUT2D eigenvalue weighted by atomic mass is 10.1. The van der Waals surface area contributed by atoms with Crippen molar-refractivity contribution in [3.63, 3.8) is 0 Å². The van der Waals surface area contributed by atoms with E-state index in [1.165, 1.54) is 6.07 Å². The smallest absolute Gasteiger partial charge is 0.213 e. The molecule has 0 radical (unpaired) electrons. The first kappa shape index (κ1) is 17.2. The predicted octanol–water partition coefficient (Wildman–Crippen LogP) is 2.32. The zero-order valence-electron chi connectivity index (χ0n) is 14.9. The van der Waals surface area contributed by atoms with Crippen LogP contribution in [0, 0.1) is 12.9 Å². The number of imidazole rings is 1. The summed E-state index contributed by atoms with van der Waals surface area (Å²) < 4.78 is 17.1. The Morgan fingerprint density at radius 1 is 1.22 bits per heavy atom. The summed E-state index contributed by atoms with van der Waals surface area (Å²) >= 11 is 0. The fraction of sp³-hybridized carbons (Fsp3) is 0.278. The maximum absolute atomic E-state index is 13.5. The van der Waals surface area contributed by atoms with Crippen LogP contribution in [-0.4, -0.2) is 39.2 Å². The van der Waals surface area contributed by atoms with E-state index in [4.69, 9.17) is 0 Å². The molecule has 138 valence electrons. The van der Waals surface area contributed by atoms with Gasteiger partial charge in [0.05, 0.1) is 18.3 Å². The zero-order valence-corrected chi connectivity index (χ0v) is 14.9. The SMILES string of the molecule is CCC(O)c1c(Cn2ccnc2-c2cccc(F)n2)ncn2c(C)nnc12. The Labute approximate surface area is 154 Å². The van der Waals surface area contributed by atoms with Crippen LogP contribution in [0.2, 0.25) is 0 Å². The van der Waals surface area contributed by atoms with Gasteiger partial charge in [0.25, 0.3) is 0 Å². The Hall–Kier alpha value is -3.20. The number of fused-ring (bicyclic) bond motifs is 1. The highest BCUT2D eigenvalue weighted by atomic mass is 19.1. The van der Waals surface area contributed by atoms with Gasteiger partial charge >= 0.3 is 0 Å². The van der Waals surface area contributed by atoms with Crippen LogP contribution in [0.5, 0.6) is 0 Å². The molecule has 1 unspecified atom stereocenters. The molecule has 0 amide bonds. The minimum absolute atomic E-state index is 0.336. The summed E-state index contributed by atoms with van der Waals surface area (Å²) in [6.07, 6.45) is 4.83. The number of rotatable bonds is 5. The van der Waals surface area contributed by atoms with Gasteiger partial charge in [0.1, 0.15) is 17.8 Å². The second kappa shape index (κ2) is 6.84. The second-order valence-electron chi connectivity index (χ2n) is 6.19. The van der Waals surface area contributed by atoms with E-state index in [2.05, 4.69) is 25.1 Å². The number of halogens is 1. The first-order valence-corrected chi connectivity index (χ1v) is 8.59. The molecule has 0 bridgehead atoms. The number of aryl methyl sites for hydroxylation is 1. The van der Waals surface area contributed by atoms with Crippen molar-refractivity contribution in [3.8, 4) is 11.5 Å². The first-order valence-electron chi connectivity index (χ1n) is 8.59. The average molecular weight is 367 g/mol. The highest BCUT2D eigenvalue weighted by molar-refractivity contribution is 5.52. The maximum atomic E-state index is 13.5. The van der Waals surface area contributed by atoms with Gasteiger partial charge in [0.2, 0.25) is 5.95 Å². The van der Waals surface area contributed by atoms with Crippen LogP contribution in [0.1, 0.15) is 36.5 Å². The van der Waals surface area contributed by atoms with E-state index in [1.54, 1.807) is 35.3 Å². The number of nitrogens with zero attached hydrogens (tertiary/aromatic N) is 7. The number of hydrogen-bond donors (Lipinski definition) is 1. The molecule has 27 heavy (non-hydrogen) atoms. The van der Waals surface area contributed by atoms with Gasteiger partial charge in [0, 0.05) is 18.0 Å². The van der Waals surface area contributed by atoms with E-state index < -0.39 is 12.1 Å². The molecule has 4 aromatic heterocycles. The quantitative estimate of drug-likeness (QED) is 0.544. The standard InChI is InChI=1S/C18H18FN7O/c1-3-14(27)16-13(21-10-26-11(2)23-24-18(16)26)9-25-8-7-20-17(25)12-5-4-6-15(19)22-12/h4-8,10,14,27H,3,9H2,1-2H3. The van der Waals surface area contributed by atoms with Crippen molar-refractivity contribution < 1.29 is 9.50 Å². The molecule has 0 saturated carbocycles. The van der Waals surface area contributed by atoms with Gasteiger partial charge in [-0.15, -0.1) is 10.2 Å². The van der Waals surface area contributed by atoms with Crippen LogP contribution in [0.3, 0.4) is 0 Å². The highest BCUT2D eigenvalue weighted by Gasteiger charge is 2.20. The van der Waals surface area contributed by atoms with E-state index in [1.807, 2.05) is 18.4 Å². The molecule has 0 saturated heterocycles. The maximum Gasteiger partial charge on any atom is 0.213 e. The molecule has 8 nitrogen and oxygen atoms in total. The second-order valence-corrected chi connectivity index (χ2v) is 6.19. The van der Waals surface area contributed by atoms with Crippen LogP contribution < -0.4 is 0 Å². The molecule has 0 aromatic carbocycles. The van der Waals surface area contributed by atoms with Crippen LogP contribution in [0.15, 0.2) is 36.9 Å². The van der Waals surface area contributed by atoms with Crippen molar-refractivity contribution >= 4 is 5.65 Å². The number of hydrogen-bond acceptors (Lipinski definition) is 6. The fourth-order valence-corrected chi connectivity index (χ4v) is 3.05. The van der Waals surface area contributed by atoms with Crippen molar-refractivity contribution in [1.82, 2.24) is 34.1 Å². The molecule has 0 aliphatic carbocycles. The summed E-state index contributed by atoms with van der Waals surface area (Å²) in [4.78, 5) is 12.7. The molecule has 9 heteroatoms. The number of aliphatic hydroxyl groups is 1. The Bertz CT molecular complexity index is 1100. The van der Waals surface area contributed by atoms with Crippen LogP contribution >= 0.6 is 0 Å². The van der Waals surface area contributed by atoms with E-state index >= 15 is 0 Å². The molecule has 0 aliphatic heterocycles. The number of pyridine rings is 1. The monoisotopic (exact) mass is 367 g/mol. The first-order chi connectivity index (χ1) is 13.1. The molecule has 0 aliphatic rings. The minimum atomic E-state index is -0.723. The summed E-state index contributed by atoms with van der Waals surface area (Å²) in [5.41, 5.74) is 2.29. The molecule has 0 spiro atoms. The average Bonchev–Trinajstić information content (AvgIpc) is 3.28. The molecule has 4 aromatic rings. The van der Waals surface area contributed by atoms with Crippen molar-refractivity contribution in [2.75, 3.05) is 0 Å². The van der Waals surface area contributed by atoms with Crippen molar-refractivity contribution in [2.24, 2.45) is 0 Å². The molecule has 1 atom stereocenters. The van der Waals surface area contributed by atoms with Gasteiger partial charge in [-0.2, -0.15) is 4.39 Å². The van der Waals surface area contributed by atoms with Crippen LogP contribution in [0.25, 0.3) is 17.2 Å². The van der Waals surface area contributed by atoms with E-state index in [-0.39, 0.29) is 0 Å². The predicted molar refractivity (Wildman–Crippen MR) is 95.3 cm³/mol. The summed E-state index contributed by atoms with van der Waals surface area (Å²) in [6, 6.07) is 4.57. The zero-order chi connectivity index (χ0) is 19.0. The largest absolute Gasteiger partial charge is 0.388 e. The summed E-state index contributed by atoms with van der Waals surface area (Å²) in [7, 11) is 0. The lowest BCUT2D eigenvalue weighted by Gasteiger charge is -2.15. The normalized spacial score (nSPS) is 12.6. The fourth-order valence-electron chi connectivity index (χ4n) is 3.05. The molecule has 4 rings (SSSR count). The third-order valence-electron chi connectivity index (χ3n) is 4.45. The molecule has 0 fully saturated rings. The van der Waals surface area contributed by atoms with Gasteiger partial charge in [-0.3, -0.25) is 4.40 Å². The molecular formula is C18H18FN7O. The van der Waals surface area contributed by atoms with E-state index in [0.717, 1.165) is 0 Å². The van der Waals surface area contributed by atoms with Gasteiger partial charge < -0.3 is 9.67 Å². The van der Waals surface area contributed by atoms with Gasteiger partial charge in [-0.1, -0.05) is 13.0 Å². The lowest BCUT2D eigenvalue weighted by Crippen LogP contribution is -2.12. The van der Waals surface area contributed by atoms with Crippen molar-refractivity contribution in [1.29, 1.82) is 0 Å². The lowest BCUT2D eigenvalue weighted by molar-refractivity contribution is 0.173. The molecular weight excluding hydrogens is 349 g/mol. The summed E-state index contributed by atoms with van der Waals surface area (Å²) in [5, 5.41) is 18.8. The topological polar surface area (TPSA) is 94.0 Å². The number of aromatic nitrogens is 7. The summed E-state index contributed by atoms with van der Waals surface area (Å²) in [5.74, 6) is 0.647. The van der Waals surface area contributed by atoms with Crippen LogP contribution in [-0.2, 0) is 6.54 Å². The summed E-state index contributed by atoms with van der Waals surface area (Å²) in [6.45, 7) is 4.05. The molecule has 1 N–H and O–H groups in total. The van der Waals surface area contributed by atoms with Crippen molar-refractivity contribution in [2.45, 2.75) is 32.9 Å². The Kier molecular flexibility index (Phi) is 4.36. The molecule has 4 heterocycles. The Balaban J connectivity index is 1.80. The van der Waals surface area contributed by atoms with E-state index in [9.17, 15) is 9.50 Å². The Morgan fingerprint density at radius 3 is 2.85 bits per heavy atom. The van der Waals surface area contributed by atoms with E-state index in [0.29, 0.717) is 47.2 Å². The van der Waals surface area contributed by atoms with Gasteiger partial charge in [0.15, 0.2) is 11.5 Å². The third kappa shape index (κ3) is 3.06.